The molecule has 0 spiro atoms. The smallest absolute Gasteiger partial charge is 0.264 e. The van der Waals surface area contributed by atoms with Crippen LogP contribution in [0.2, 0.25) is 15.1 Å². The van der Waals surface area contributed by atoms with Gasteiger partial charge in [-0.15, -0.1) is 0 Å². The summed E-state index contributed by atoms with van der Waals surface area (Å²) < 4.78 is 28.5. The van der Waals surface area contributed by atoms with Crippen molar-refractivity contribution in [2.45, 2.75) is 38.3 Å². The Hall–Kier alpha value is -2.78. The van der Waals surface area contributed by atoms with Gasteiger partial charge in [-0.1, -0.05) is 79.0 Å². The van der Waals surface area contributed by atoms with Crippen molar-refractivity contribution in [2.24, 2.45) is 5.92 Å². The van der Waals surface area contributed by atoms with Gasteiger partial charge in [0, 0.05) is 28.2 Å². The number of nitrogens with one attached hydrogen (secondary N) is 1. The van der Waals surface area contributed by atoms with Gasteiger partial charge in [0.25, 0.3) is 10.0 Å². The number of hydrogen-bond donors (Lipinski definition) is 1. The quantitative estimate of drug-likeness (QED) is 0.287. The normalized spacial score (nSPS) is 12.2. The van der Waals surface area contributed by atoms with E-state index in [-0.39, 0.29) is 39.0 Å². The lowest BCUT2D eigenvalue weighted by molar-refractivity contribution is -0.139. The number of rotatable bonds is 11. The van der Waals surface area contributed by atoms with Crippen LogP contribution in [0, 0.1) is 5.92 Å². The molecular weight excluding hydrogens is 581 g/mol. The van der Waals surface area contributed by atoms with Gasteiger partial charge in [0.05, 0.1) is 10.6 Å². The lowest BCUT2D eigenvalue weighted by atomic mass is 10.1. The van der Waals surface area contributed by atoms with E-state index in [2.05, 4.69) is 5.32 Å². The van der Waals surface area contributed by atoms with Crippen LogP contribution >= 0.6 is 34.8 Å². The van der Waals surface area contributed by atoms with E-state index in [0.29, 0.717) is 11.6 Å². The van der Waals surface area contributed by atoms with Gasteiger partial charge in [0.15, 0.2) is 0 Å². The molecule has 0 radical (unpaired) electrons. The molecule has 2 amide bonds. The molecule has 0 saturated carbocycles. The van der Waals surface area contributed by atoms with E-state index in [1.165, 1.54) is 35.2 Å². The zero-order valence-electron chi connectivity index (χ0n) is 21.8. The summed E-state index contributed by atoms with van der Waals surface area (Å²) in [5.41, 5.74) is 0.840. The first-order valence-electron chi connectivity index (χ1n) is 12.2. The Bertz CT molecular complexity index is 1380. The highest BCUT2D eigenvalue weighted by Gasteiger charge is 2.32. The van der Waals surface area contributed by atoms with Gasteiger partial charge in [-0.3, -0.25) is 13.9 Å². The van der Waals surface area contributed by atoms with Crippen LogP contribution < -0.4 is 9.62 Å². The molecule has 39 heavy (non-hydrogen) atoms. The summed E-state index contributed by atoms with van der Waals surface area (Å²) in [6, 6.07) is 18.0. The second-order valence-corrected chi connectivity index (χ2v) is 12.6. The Morgan fingerprint density at radius 3 is 2.00 bits per heavy atom. The minimum atomic E-state index is -4.21. The molecule has 0 unspecified atom stereocenters. The maximum absolute atomic E-state index is 13.9. The summed E-state index contributed by atoms with van der Waals surface area (Å²) in [6.07, 6.45) is 0. The number of carbonyl (C=O) groups excluding carboxylic acids is 2. The average Bonchev–Trinajstić information content (AvgIpc) is 2.89. The van der Waals surface area contributed by atoms with Crippen LogP contribution in [0.4, 0.5) is 5.69 Å². The van der Waals surface area contributed by atoms with Crippen molar-refractivity contribution < 1.29 is 18.0 Å². The van der Waals surface area contributed by atoms with E-state index in [1.54, 1.807) is 49.4 Å². The highest BCUT2D eigenvalue weighted by molar-refractivity contribution is 7.92. The molecule has 1 atom stereocenters. The van der Waals surface area contributed by atoms with Crippen LogP contribution in [0.15, 0.2) is 77.7 Å². The fraction of sp³-hybridized carbons (Fsp3) is 0.286. The van der Waals surface area contributed by atoms with Gasteiger partial charge in [-0.2, -0.15) is 0 Å². The zero-order chi connectivity index (χ0) is 28.7. The average molecular weight is 611 g/mol. The fourth-order valence-corrected chi connectivity index (χ4v) is 5.81. The maximum Gasteiger partial charge on any atom is 0.264 e. The molecule has 11 heteroatoms. The Labute approximate surface area is 244 Å². The number of halogens is 3. The van der Waals surface area contributed by atoms with Crippen molar-refractivity contribution in [3.05, 3.63) is 93.4 Å². The van der Waals surface area contributed by atoms with Crippen molar-refractivity contribution in [2.75, 3.05) is 17.4 Å². The van der Waals surface area contributed by atoms with Gasteiger partial charge in [-0.25, -0.2) is 8.42 Å². The molecule has 3 aromatic carbocycles. The number of amides is 2. The van der Waals surface area contributed by atoms with Gasteiger partial charge >= 0.3 is 0 Å². The predicted octanol–water partition coefficient (Wildman–Crippen LogP) is 6.03. The van der Waals surface area contributed by atoms with Crippen molar-refractivity contribution in [1.82, 2.24) is 10.2 Å². The van der Waals surface area contributed by atoms with E-state index in [9.17, 15) is 18.0 Å². The molecule has 208 valence electrons. The van der Waals surface area contributed by atoms with Gasteiger partial charge < -0.3 is 10.2 Å². The van der Waals surface area contributed by atoms with Crippen LogP contribution in [0.1, 0.15) is 26.3 Å². The highest BCUT2D eigenvalue weighted by Crippen LogP contribution is 2.30. The second-order valence-electron chi connectivity index (χ2n) is 9.42. The van der Waals surface area contributed by atoms with Crippen LogP contribution in [-0.4, -0.2) is 44.3 Å². The van der Waals surface area contributed by atoms with Gasteiger partial charge in [0.2, 0.25) is 11.8 Å². The molecule has 0 aliphatic rings. The predicted molar refractivity (Wildman–Crippen MR) is 157 cm³/mol. The van der Waals surface area contributed by atoms with Crippen molar-refractivity contribution in [3.63, 3.8) is 0 Å². The first kappa shape index (κ1) is 30.8. The summed E-state index contributed by atoms with van der Waals surface area (Å²) in [5, 5.41) is 3.79. The molecular formula is C28H30Cl3N3O4S. The Kier molecular flexibility index (Phi) is 10.7. The lowest BCUT2D eigenvalue weighted by Crippen LogP contribution is -2.51. The largest absolute Gasteiger partial charge is 0.354 e. The van der Waals surface area contributed by atoms with Crippen molar-refractivity contribution >= 4 is 62.3 Å². The number of sulfonamides is 1. The van der Waals surface area contributed by atoms with Gasteiger partial charge in [0.1, 0.15) is 12.6 Å². The van der Waals surface area contributed by atoms with Crippen molar-refractivity contribution in [3.8, 4) is 0 Å². The van der Waals surface area contributed by atoms with Crippen LogP contribution in [-0.2, 0) is 26.2 Å². The van der Waals surface area contributed by atoms with Crippen LogP contribution in [0.25, 0.3) is 0 Å². The van der Waals surface area contributed by atoms with E-state index >= 15 is 0 Å². The maximum atomic E-state index is 13.9. The minimum Gasteiger partial charge on any atom is -0.354 e. The van der Waals surface area contributed by atoms with Gasteiger partial charge in [-0.05, 0) is 60.9 Å². The molecule has 3 aromatic rings. The summed E-state index contributed by atoms with van der Waals surface area (Å²) in [4.78, 5) is 28.2. The third-order valence-electron chi connectivity index (χ3n) is 5.86. The fourth-order valence-electron chi connectivity index (χ4n) is 3.75. The number of hydrogen-bond acceptors (Lipinski definition) is 4. The summed E-state index contributed by atoms with van der Waals surface area (Å²) >= 11 is 18.4. The monoisotopic (exact) mass is 609 g/mol. The van der Waals surface area contributed by atoms with E-state index in [4.69, 9.17) is 34.8 Å². The third kappa shape index (κ3) is 8.35. The number of benzene rings is 3. The minimum absolute atomic E-state index is 0.0131. The van der Waals surface area contributed by atoms with E-state index < -0.39 is 28.5 Å². The molecule has 0 heterocycles. The topological polar surface area (TPSA) is 86.8 Å². The molecule has 0 aliphatic heterocycles. The molecule has 0 aliphatic carbocycles. The molecule has 0 fully saturated rings. The molecule has 3 rings (SSSR count). The summed E-state index contributed by atoms with van der Waals surface area (Å²) in [6.45, 7) is 5.43. The first-order chi connectivity index (χ1) is 18.4. The second kappa shape index (κ2) is 13.5. The Balaban J connectivity index is 2.03. The molecule has 1 N–H and O–H groups in total. The Morgan fingerprint density at radius 1 is 0.846 bits per heavy atom. The molecule has 7 nitrogen and oxygen atoms in total. The molecule has 0 saturated heterocycles. The zero-order valence-corrected chi connectivity index (χ0v) is 24.9. The molecule has 0 bridgehead atoms. The summed E-state index contributed by atoms with van der Waals surface area (Å²) in [7, 11) is -4.21. The van der Waals surface area contributed by atoms with Crippen LogP contribution in [0.3, 0.4) is 0 Å². The van der Waals surface area contributed by atoms with Crippen molar-refractivity contribution in [1.29, 1.82) is 0 Å². The van der Waals surface area contributed by atoms with E-state index in [1.807, 2.05) is 13.8 Å². The summed E-state index contributed by atoms with van der Waals surface area (Å²) in [5.74, 6) is -0.734. The number of anilines is 1. The SMILES string of the molecule is CC(C)CNC(=O)[C@H](C)N(Cc1ccc(Cl)cc1)C(=O)CN(c1cc(Cl)cc(Cl)c1)S(=O)(=O)c1ccccc1. The number of carbonyl (C=O) groups is 2. The Morgan fingerprint density at radius 2 is 1.44 bits per heavy atom. The standard InChI is InChI=1S/C28H30Cl3N3O4S/c1-19(2)16-32-28(36)20(3)33(17-21-9-11-22(29)12-10-21)27(35)18-34(25-14-23(30)13-24(31)15-25)39(37,38)26-7-5-4-6-8-26/h4-15,19-20H,16-18H2,1-3H3,(H,32,36)/t20-/m0/s1. The lowest BCUT2D eigenvalue weighted by Gasteiger charge is -2.32. The third-order valence-corrected chi connectivity index (χ3v) is 8.34. The number of nitrogens with zero attached hydrogens (tertiary/aromatic N) is 2. The first-order valence-corrected chi connectivity index (χ1v) is 14.8. The molecule has 0 aromatic heterocycles. The van der Waals surface area contributed by atoms with Crippen LogP contribution in [0.5, 0.6) is 0 Å². The van der Waals surface area contributed by atoms with E-state index in [0.717, 1.165) is 9.87 Å². The highest BCUT2D eigenvalue weighted by atomic mass is 35.5.